The van der Waals surface area contributed by atoms with E-state index in [2.05, 4.69) is 10.3 Å². The number of carbonyl (C=O) groups is 2. The molecule has 2 aromatic rings. The lowest BCUT2D eigenvalue weighted by molar-refractivity contribution is -0.126. The maximum Gasteiger partial charge on any atom is 0.251 e. The summed E-state index contributed by atoms with van der Waals surface area (Å²) in [5.74, 6) is -0.0559. The molecule has 0 saturated carbocycles. The van der Waals surface area contributed by atoms with E-state index >= 15 is 0 Å². The predicted octanol–water partition coefficient (Wildman–Crippen LogP) is 2.58. The Hall–Kier alpha value is -2.47. The first kappa shape index (κ1) is 16.4. The molecule has 0 bridgehead atoms. The van der Waals surface area contributed by atoms with E-state index in [1.54, 1.807) is 41.9 Å². The van der Waals surface area contributed by atoms with Crippen molar-refractivity contribution in [2.45, 2.75) is 18.9 Å². The molecule has 24 heavy (non-hydrogen) atoms. The molecular weight excluding hydrogens is 322 g/mol. The van der Waals surface area contributed by atoms with Crippen molar-refractivity contribution in [3.63, 3.8) is 0 Å². The minimum atomic E-state index is -0.0838. The molecule has 0 radical (unpaired) electrons. The fourth-order valence-electron chi connectivity index (χ4n) is 2.66. The maximum atomic E-state index is 12.2. The highest BCUT2D eigenvalue weighted by Crippen LogP contribution is 2.13. The minimum Gasteiger partial charge on any atom is -0.349 e. The number of nitrogens with one attached hydrogen (secondary N) is 1. The van der Waals surface area contributed by atoms with Crippen molar-refractivity contribution in [1.29, 1.82) is 0 Å². The van der Waals surface area contributed by atoms with Crippen LogP contribution in [0.5, 0.6) is 0 Å². The van der Waals surface area contributed by atoms with Crippen LogP contribution in [0.1, 0.15) is 28.8 Å². The van der Waals surface area contributed by atoms with Crippen LogP contribution in [0.3, 0.4) is 0 Å². The lowest BCUT2D eigenvalue weighted by atomic mass is 10.0. The molecular formula is C18H19N3O2S. The Labute approximate surface area is 145 Å². The second-order valence-corrected chi connectivity index (χ2v) is 6.48. The van der Waals surface area contributed by atoms with Gasteiger partial charge in [-0.15, -0.1) is 0 Å². The summed E-state index contributed by atoms with van der Waals surface area (Å²) in [6.45, 7) is 1.32. The SMILES string of the molecule is O=C(NC1CCN(C(=O)/C=C/c2ccsc2)CC1)c1ccncc1. The maximum absolute atomic E-state index is 12.2. The number of aromatic nitrogens is 1. The summed E-state index contributed by atoms with van der Waals surface area (Å²) in [5, 5.41) is 7.02. The molecule has 124 valence electrons. The normalized spacial score (nSPS) is 15.6. The quantitative estimate of drug-likeness (QED) is 0.870. The lowest BCUT2D eigenvalue weighted by Gasteiger charge is -2.31. The van der Waals surface area contributed by atoms with Gasteiger partial charge < -0.3 is 10.2 Å². The third kappa shape index (κ3) is 4.29. The van der Waals surface area contributed by atoms with Gasteiger partial charge in [0.25, 0.3) is 5.91 Å². The van der Waals surface area contributed by atoms with Crippen molar-refractivity contribution in [2.75, 3.05) is 13.1 Å². The summed E-state index contributed by atoms with van der Waals surface area (Å²) in [5.41, 5.74) is 1.66. The Kier molecular flexibility index (Phi) is 5.38. The third-order valence-electron chi connectivity index (χ3n) is 4.05. The Bertz CT molecular complexity index is 705. The summed E-state index contributed by atoms with van der Waals surface area (Å²) in [7, 11) is 0. The van der Waals surface area contributed by atoms with E-state index in [-0.39, 0.29) is 17.9 Å². The second kappa shape index (κ2) is 7.88. The van der Waals surface area contributed by atoms with Crippen LogP contribution in [0.2, 0.25) is 0 Å². The van der Waals surface area contributed by atoms with Gasteiger partial charge in [0, 0.05) is 43.2 Å². The highest BCUT2D eigenvalue weighted by molar-refractivity contribution is 7.08. The molecule has 1 saturated heterocycles. The number of pyridine rings is 1. The highest BCUT2D eigenvalue weighted by atomic mass is 32.1. The summed E-state index contributed by atoms with van der Waals surface area (Å²) in [6.07, 6.45) is 8.23. The van der Waals surface area contributed by atoms with Gasteiger partial charge >= 0.3 is 0 Å². The minimum absolute atomic E-state index is 0.0279. The van der Waals surface area contributed by atoms with Crippen molar-refractivity contribution in [2.24, 2.45) is 0 Å². The number of likely N-dealkylation sites (tertiary alicyclic amines) is 1. The van der Waals surface area contributed by atoms with E-state index < -0.39 is 0 Å². The Morgan fingerprint density at radius 1 is 1.21 bits per heavy atom. The zero-order valence-electron chi connectivity index (χ0n) is 13.2. The molecule has 0 aliphatic carbocycles. The van der Waals surface area contributed by atoms with Gasteiger partial charge in [0.15, 0.2) is 0 Å². The summed E-state index contributed by atoms with van der Waals surface area (Å²) >= 11 is 1.61. The van der Waals surface area contributed by atoms with E-state index in [0.717, 1.165) is 18.4 Å². The first-order valence-corrected chi connectivity index (χ1v) is 8.87. The molecule has 2 amide bonds. The van der Waals surface area contributed by atoms with Gasteiger partial charge in [-0.3, -0.25) is 14.6 Å². The van der Waals surface area contributed by atoms with Crippen LogP contribution in [0.25, 0.3) is 6.08 Å². The smallest absolute Gasteiger partial charge is 0.251 e. The first-order valence-electron chi connectivity index (χ1n) is 7.92. The molecule has 0 unspecified atom stereocenters. The zero-order chi connectivity index (χ0) is 16.8. The van der Waals surface area contributed by atoms with Gasteiger partial charge in [-0.05, 0) is 53.4 Å². The van der Waals surface area contributed by atoms with Crippen molar-refractivity contribution in [1.82, 2.24) is 15.2 Å². The number of carbonyl (C=O) groups excluding carboxylic acids is 2. The van der Waals surface area contributed by atoms with Crippen LogP contribution in [-0.2, 0) is 4.79 Å². The predicted molar refractivity (Wildman–Crippen MR) is 94.7 cm³/mol. The number of piperidine rings is 1. The lowest BCUT2D eigenvalue weighted by Crippen LogP contribution is -2.46. The molecule has 1 fully saturated rings. The Balaban J connectivity index is 1.47. The third-order valence-corrected chi connectivity index (χ3v) is 4.75. The average Bonchev–Trinajstić information content (AvgIpc) is 3.14. The van der Waals surface area contributed by atoms with Crippen molar-refractivity contribution in [3.05, 3.63) is 58.6 Å². The molecule has 2 aromatic heterocycles. The fourth-order valence-corrected chi connectivity index (χ4v) is 3.29. The standard InChI is InChI=1S/C18H19N3O2S/c22-17(2-1-14-7-12-24-13-14)21-10-5-16(6-11-21)20-18(23)15-3-8-19-9-4-15/h1-4,7-9,12-13,16H,5-6,10-11H2,(H,20,23)/b2-1+. The van der Waals surface area contributed by atoms with Crippen molar-refractivity contribution >= 4 is 29.2 Å². The molecule has 0 aromatic carbocycles. The van der Waals surface area contributed by atoms with Gasteiger partial charge in [-0.1, -0.05) is 0 Å². The van der Waals surface area contributed by atoms with Crippen LogP contribution in [-0.4, -0.2) is 40.8 Å². The number of hydrogen-bond donors (Lipinski definition) is 1. The first-order chi connectivity index (χ1) is 11.7. The zero-order valence-corrected chi connectivity index (χ0v) is 14.0. The van der Waals surface area contributed by atoms with Crippen LogP contribution < -0.4 is 5.32 Å². The van der Waals surface area contributed by atoms with E-state index in [0.29, 0.717) is 18.7 Å². The molecule has 6 heteroatoms. The van der Waals surface area contributed by atoms with Crippen LogP contribution in [0.15, 0.2) is 47.4 Å². The van der Waals surface area contributed by atoms with Gasteiger partial charge in [-0.25, -0.2) is 0 Å². The topological polar surface area (TPSA) is 62.3 Å². The van der Waals surface area contributed by atoms with Gasteiger partial charge in [-0.2, -0.15) is 11.3 Å². The molecule has 0 spiro atoms. The molecule has 1 N–H and O–H groups in total. The molecule has 0 atom stereocenters. The largest absolute Gasteiger partial charge is 0.349 e. The molecule has 1 aliphatic heterocycles. The highest BCUT2D eigenvalue weighted by Gasteiger charge is 2.23. The average molecular weight is 341 g/mol. The summed E-state index contributed by atoms with van der Waals surface area (Å²) < 4.78 is 0. The number of hydrogen-bond acceptors (Lipinski definition) is 4. The van der Waals surface area contributed by atoms with Crippen LogP contribution in [0, 0.1) is 0 Å². The molecule has 3 heterocycles. The van der Waals surface area contributed by atoms with Crippen molar-refractivity contribution in [3.8, 4) is 0 Å². The number of thiophene rings is 1. The van der Waals surface area contributed by atoms with Crippen molar-refractivity contribution < 1.29 is 9.59 Å². The Morgan fingerprint density at radius 3 is 2.62 bits per heavy atom. The number of amides is 2. The summed E-state index contributed by atoms with van der Waals surface area (Å²) in [6, 6.07) is 5.48. The second-order valence-electron chi connectivity index (χ2n) is 5.70. The van der Waals surface area contributed by atoms with E-state index in [4.69, 9.17) is 0 Å². The monoisotopic (exact) mass is 341 g/mol. The van der Waals surface area contributed by atoms with E-state index in [1.165, 1.54) is 0 Å². The summed E-state index contributed by atoms with van der Waals surface area (Å²) in [4.78, 5) is 30.1. The molecule has 3 rings (SSSR count). The number of rotatable bonds is 4. The van der Waals surface area contributed by atoms with Gasteiger partial charge in [0.1, 0.15) is 0 Å². The fraction of sp³-hybridized carbons (Fsp3) is 0.278. The molecule has 1 aliphatic rings. The Morgan fingerprint density at radius 2 is 1.96 bits per heavy atom. The van der Waals surface area contributed by atoms with E-state index in [9.17, 15) is 9.59 Å². The molecule has 5 nitrogen and oxygen atoms in total. The number of nitrogens with zero attached hydrogens (tertiary/aromatic N) is 2. The van der Waals surface area contributed by atoms with Crippen LogP contribution >= 0.6 is 11.3 Å². The van der Waals surface area contributed by atoms with Gasteiger partial charge in [0.05, 0.1) is 0 Å². The van der Waals surface area contributed by atoms with E-state index in [1.807, 2.05) is 27.8 Å². The van der Waals surface area contributed by atoms with Gasteiger partial charge in [0.2, 0.25) is 5.91 Å². The van der Waals surface area contributed by atoms with Crippen LogP contribution in [0.4, 0.5) is 0 Å².